The van der Waals surface area contributed by atoms with Gasteiger partial charge in [0.05, 0.1) is 0 Å². The summed E-state index contributed by atoms with van der Waals surface area (Å²) in [5.74, 6) is 0. The van der Waals surface area contributed by atoms with E-state index >= 15 is 0 Å². The molecule has 1 aliphatic carbocycles. The van der Waals surface area contributed by atoms with Gasteiger partial charge in [0.1, 0.15) is 0 Å². The summed E-state index contributed by atoms with van der Waals surface area (Å²) in [6.07, 6.45) is 6.77. The highest BCUT2D eigenvalue weighted by Gasteiger charge is 2.33. The summed E-state index contributed by atoms with van der Waals surface area (Å²) >= 11 is 0. The van der Waals surface area contributed by atoms with E-state index in [0.717, 1.165) is 12.6 Å². The van der Waals surface area contributed by atoms with E-state index in [4.69, 9.17) is 0 Å². The van der Waals surface area contributed by atoms with Crippen LogP contribution in [0.1, 0.15) is 52.9 Å². The molecular weight excluding hydrogens is 184 g/mol. The van der Waals surface area contributed by atoms with Gasteiger partial charge in [-0.15, -0.1) is 0 Å². The lowest BCUT2D eigenvalue weighted by molar-refractivity contribution is 0.333. The lowest BCUT2D eigenvalue weighted by atomic mass is 9.91. The first-order valence-electron chi connectivity index (χ1n) is 6.48. The molecule has 2 aliphatic rings. The van der Waals surface area contributed by atoms with Crippen LogP contribution in [-0.4, -0.2) is 24.7 Å². The van der Waals surface area contributed by atoms with E-state index in [0.29, 0.717) is 11.0 Å². The Morgan fingerprint density at radius 1 is 1.27 bits per heavy atom. The molecule has 0 radical (unpaired) electrons. The van der Waals surface area contributed by atoms with Crippen molar-refractivity contribution in [1.29, 1.82) is 0 Å². The van der Waals surface area contributed by atoms with Crippen molar-refractivity contribution < 1.29 is 0 Å². The van der Waals surface area contributed by atoms with Crippen molar-refractivity contribution in [3.8, 4) is 0 Å². The summed E-state index contributed by atoms with van der Waals surface area (Å²) in [6, 6.07) is 0.763. The highest BCUT2D eigenvalue weighted by Crippen LogP contribution is 2.37. The molecule has 2 rings (SSSR count). The Hall–Kier alpha value is -0.0800. The van der Waals surface area contributed by atoms with E-state index in [1.165, 1.54) is 38.6 Å². The molecule has 2 N–H and O–H groups in total. The van der Waals surface area contributed by atoms with Gasteiger partial charge in [-0.05, 0) is 51.0 Å². The Kier molecular flexibility index (Phi) is 3.09. The largest absolute Gasteiger partial charge is 0.312 e. The van der Waals surface area contributed by atoms with Crippen LogP contribution in [0.25, 0.3) is 0 Å². The highest BCUT2D eigenvalue weighted by molar-refractivity contribution is 4.93. The van der Waals surface area contributed by atoms with Crippen molar-refractivity contribution in [2.24, 2.45) is 5.41 Å². The van der Waals surface area contributed by atoms with Gasteiger partial charge in [-0.1, -0.05) is 13.8 Å². The average molecular weight is 210 g/mol. The van der Waals surface area contributed by atoms with Crippen LogP contribution in [0.2, 0.25) is 0 Å². The van der Waals surface area contributed by atoms with Crippen molar-refractivity contribution in [2.75, 3.05) is 13.1 Å². The van der Waals surface area contributed by atoms with Gasteiger partial charge in [0, 0.05) is 18.1 Å². The number of hydrogen-bond donors (Lipinski definition) is 2. The summed E-state index contributed by atoms with van der Waals surface area (Å²) in [5, 5.41) is 7.37. The maximum absolute atomic E-state index is 3.76. The van der Waals surface area contributed by atoms with Gasteiger partial charge in [-0.3, -0.25) is 0 Å². The fourth-order valence-corrected chi connectivity index (χ4v) is 3.09. The van der Waals surface area contributed by atoms with E-state index in [1.807, 2.05) is 0 Å². The summed E-state index contributed by atoms with van der Waals surface area (Å²) in [7, 11) is 0. The Morgan fingerprint density at radius 2 is 2.07 bits per heavy atom. The molecule has 2 fully saturated rings. The highest BCUT2D eigenvalue weighted by atomic mass is 15.1. The first-order valence-corrected chi connectivity index (χ1v) is 6.48. The summed E-state index contributed by atoms with van der Waals surface area (Å²) in [4.78, 5) is 0. The molecule has 2 atom stereocenters. The minimum Gasteiger partial charge on any atom is -0.312 e. The molecule has 1 heterocycles. The Balaban J connectivity index is 1.74. The third-order valence-corrected chi connectivity index (χ3v) is 4.21. The molecule has 15 heavy (non-hydrogen) atoms. The molecule has 1 saturated heterocycles. The fraction of sp³-hybridized carbons (Fsp3) is 1.00. The van der Waals surface area contributed by atoms with Crippen molar-refractivity contribution in [3.05, 3.63) is 0 Å². The molecule has 0 amide bonds. The molecule has 0 bridgehead atoms. The maximum atomic E-state index is 3.76. The van der Waals surface area contributed by atoms with Crippen LogP contribution in [0.3, 0.4) is 0 Å². The third-order valence-electron chi connectivity index (χ3n) is 4.21. The molecule has 1 saturated carbocycles. The quantitative estimate of drug-likeness (QED) is 0.747. The van der Waals surface area contributed by atoms with Gasteiger partial charge in [0.25, 0.3) is 0 Å². The van der Waals surface area contributed by atoms with Crippen LogP contribution < -0.4 is 10.6 Å². The second-order valence-electron chi connectivity index (χ2n) is 6.58. The van der Waals surface area contributed by atoms with Gasteiger partial charge in [0.2, 0.25) is 0 Å². The van der Waals surface area contributed by atoms with Gasteiger partial charge >= 0.3 is 0 Å². The predicted molar refractivity (Wildman–Crippen MR) is 65.1 cm³/mol. The first kappa shape index (κ1) is 11.4. The zero-order chi connectivity index (χ0) is 10.9. The minimum absolute atomic E-state index is 0.368. The molecule has 0 aromatic rings. The minimum atomic E-state index is 0.368. The SMILES string of the molecule is CC1(C)CCC(NCC2(C)CCCN2)C1. The lowest BCUT2D eigenvalue weighted by Gasteiger charge is -2.27. The lowest BCUT2D eigenvalue weighted by Crippen LogP contribution is -2.48. The molecule has 88 valence electrons. The van der Waals surface area contributed by atoms with Crippen LogP contribution in [-0.2, 0) is 0 Å². The van der Waals surface area contributed by atoms with E-state index in [-0.39, 0.29) is 0 Å². The predicted octanol–water partition coefficient (Wildman–Crippen LogP) is 2.30. The second kappa shape index (κ2) is 4.06. The Labute approximate surface area is 94.2 Å². The summed E-state index contributed by atoms with van der Waals surface area (Å²) < 4.78 is 0. The zero-order valence-corrected chi connectivity index (χ0v) is 10.5. The first-order chi connectivity index (χ1) is 6.99. The van der Waals surface area contributed by atoms with Crippen molar-refractivity contribution in [3.63, 3.8) is 0 Å². The molecule has 0 aromatic heterocycles. The monoisotopic (exact) mass is 210 g/mol. The second-order valence-corrected chi connectivity index (χ2v) is 6.58. The van der Waals surface area contributed by atoms with Crippen LogP contribution in [0.15, 0.2) is 0 Å². The summed E-state index contributed by atoms with van der Waals surface area (Å²) in [5.41, 5.74) is 0.939. The molecule has 2 heteroatoms. The van der Waals surface area contributed by atoms with E-state index in [2.05, 4.69) is 31.4 Å². The Bertz CT molecular complexity index is 217. The molecular formula is C13H26N2. The smallest absolute Gasteiger partial charge is 0.0278 e. The Morgan fingerprint density at radius 3 is 2.60 bits per heavy atom. The zero-order valence-electron chi connectivity index (χ0n) is 10.5. The number of hydrogen-bond acceptors (Lipinski definition) is 2. The topological polar surface area (TPSA) is 24.1 Å². The molecule has 0 aromatic carbocycles. The molecule has 2 nitrogen and oxygen atoms in total. The number of rotatable bonds is 3. The van der Waals surface area contributed by atoms with Crippen molar-refractivity contribution in [2.45, 2.75) is 64.5 Å². The van der Waals surface area contributed by atoms with Crippen molar-refractivity contribution in [1.82, 2.24) is 10.6 Å². The van der Waals surface area contributed by atoms with Gasteiger partial charge < -0.3 is 10.6 Å². The van der Waals surface area contributed by atoms with E-state index in [1.54, 1.807) is 0 Å². The number of nitrogens with one attached hydrogen (secondary N) is 2. The van der Waals surface area contributed by atoms with Gasteiger partial charge in [-0.25, -0.2) is 0 Å². The van der Waals surface area contributed by atoms with Crippen molar-refractivity contribution >= 4 is 0 Å². The van der Waals surface area contributed by atoms with Gasteiger partial charge in [-0.2, -0.15) is 0 Å². The molecule has 2 unspecified atom stereocenters. The average Bonchev–Trinajstić information content (AvgIpc) is 2.70. The van der Waals surface area contributed by atoms with E-state index < -0.39 is 0 Å². The molecule has 0 spiro atoms. The standard InChI is InChI=1S/C13H26N2/c1-12(2)7-5-11(9-12)14-10-13(3)6-4-8-15-13/h11,14-15H,4-10H2,1-3H3. The van der Waals surface area contributed by atoms with Crippen LogP contribution in [0.4, 0.5) is 0 Å². The van der Waals surface area contributed by atoms with Crippen LogP contribution in [0, 0.1) is 5.41 Å². The van der Waals surface area contributed by atoms with Crippen LogP contribution in [0.5, 0.6) is 0 Å². The summed E-state index contributed by atoms with van der Waals surface area (Å²) in [6.45, 7) is 9.49. The normalized spacial score (nSPS) is 39.8. The maximum Gasteiger partial charge on any atom is 0.0278 e. The van der Waals surface area contributed by atoms with Crippen LogP contribution >= 0.6 is 0 Å². The van der Waals surface area contributed by atoms with E-state index in [9.17, 15) is 0 Å². The molecule has 1 aliphatic heterocycles. The third kappa shape index (κ3) is 2.94. The fourth-order valence-electron chi connectivity index (χ4n) is 3.09. The van der Waals surface area contributed by atoms with Gasteiger partial charge in [0.15, 0.2) is 0 Å².